The van der Waals surface area contributed by atoms with E-state index in [9.17, 15) is 9.59 Å². The Bertz CT molecular complexity index is 627. The third kappa shape index (κ3) is 4.93. The molecule has 0 aliphatic rings. The van der Waals surface area contributed by atoms with Crippen molar-refractivity contribution in [1.29, 1.82) is 0 Å². The average molecular weight is 314 g/mol. The molecule has 2 amide bonds. The van der Waals surface area contributed by atoms with E-state index in [1.54, 1.807) is 36.0 Å². The molecule has 0 atom stereocenters. The van der Waals surface area contributed by atoms with Gasteiger partial charge in [-0.25, -0.2) is 0 Å². The molecule has 2 rings (SSSR count). The number of amides is 2. The number of hydrogen-bond donors (Lipinski definition) is 2. The van der Waals surface area contributed by atoms with E-state index < -0.39 is 0 Å². The van der Waals surface area contributed by atoms with Gasteiger partial charge < -0.3 is 10.6 Å². The molecule has 2 N–H and O–H groups in total. The Morgan fingerprint density at radius 3 is 2.32 bits per heavy atom. The van der Waals surface area contributed by atoms with Gasteiger partial charge in [0.25, 0.3) is 5.91 Å². The van der Waals surface area contributed by atoms with Crippen molar-refractivity contribution < 1.29 is 9.59 Å². The van der Waals surface area contributed by atoms with Crippen molar-refractivity contribution in [3.8, 4) is 0 Å². The van der Waals surface area contributed by atoms with Crippen molar-refractivity contribution in [2.45, 2.75) is 11.3 Å². The molecule has 0 heterocycles. The Hall–Kier alpha value is -2.27. The topological polar surface area (TPSA) is 58.2 Å². The van der Waals surface area contributed by atoms with Gasteiger partial charge in [0.15, 0.2) is 0 Å². The predicted molar refractivity (Wildman–Crippen MR) is 90.2 cm³/mol. The molecule has 0 spiro atoms. The van der Waals surface area contributed by atoms with E-state index in [0.717, 1.165) is 10.6 Å². The summed E-state index contributed by atoms with van der Waals surface area (Å²) in [6.07, 6.45) is 2.24. The molecule has 0 unspecified atom stereocenters. The number of rotatable bonds is 6. The van der Waals surface area contributed by atoms with Gasteiger partial charge in [-0.1, -0.05) is 18.2 Å². The highest BCUT2D eigenvalue weighted by atomic mass is 32.2. The second kappa shape index (κ2) is 8.24. The minimum Gasteiger partial charge on any atom is -0.352 e. The summed E-state index contributed by atoms with van der Waals surface area (Å²) in [4.78, 5) is 24.8. The van der Waals surface area contributed by atoms with Crippen molar-refractivity contribution in [1.82, 2.24) is 5.32 Å². The molecule has 0 aromatic heterocycles. The van der Waals surface area contributed by atoms with Crippen LogP contribution in [0.3, 0.4) is 0 Å². The molecule has 0 saturated carbocycles. The van der Waals surface area contributed by atoms with Crippen LogP contribution in [-0.4, -0.2) is 24.6 Å². The number of hydrogen-bond acceptors (Lipinski definition) is 3. The van der Waals surface area contributed by atoms with Crippen LogP contribution in [0.4, 0.5) is 5.69 Å². The van der Waals surface area contributed by atoms with Crippen molar-refractivity contribution in [2.75, 3.05) is 18.1 Å². The van der Waals surface area contributed by atoms with Crippen LogP contribution in [0.1, 0.15) is 16.8 Å². The van der Waals surface area contributed by atoms with Gasteiger partial charge in [-0.2, -0.15) is 0 Å². The van der Waals surface area contributed by atoms with Gasteiger partial charge in [-0.15, -0.1) is 11.8 Å². The minimum atomic E-state index is -0.169. The summed E-state index contributed by atoms with van der Waals surface area (Å²) >= 11 is 1.65. The van der Waals surface area contributed by atoms with E-state index in [0.29, 0.717) is 12.1 Å². The lowest BCUT2D eigenvalue weighted by atomic mass is 10.2. The first-order chi connectivity index (χ1) is 10.7. The van der Waals surface area contributed by atoms with Crippen LogP contribution in [-0.2, 0) is 4.79 Å². The number of nitrogens with one attached hydrogen (secondary N) is 2. The first-order valence-electron chi connectivity index (χ1n) is 6.96. The lowest BCUT2D eigenvalue weighted by Crippen LogP contribution is -2.27. The highest BCUT2D eigenvalue weighted by Crippen LogP contribution is 2.17. The molecule has 114 valence electrons. The fourth-order valence-electron chi connectivity index (χ4n) is 1.88. The highest BCUT2D eigenvalue weighted by molar-refractivity contribution is 7.98. The van der Waals surface area contributed by atoms with E-state index >= 15 is 0 Å². The van der Waals surface area contributed by atoms with Gasteiger partial charge in [-0.3, -0.25) is 9.59 Å². The molecule has 0 radical (unpaired) electrons. The summed E-state index contributed by atoms with van der Waals surface area (Å²) in [7, 11) is 0. The van der Waals surface area contributed by atoms with Crippen molar-refractivity contribution in [3.63, 3.8) is 0 Å². The van der Waals surface area contributed by atoms with Crippen molar-refractivity contribution in [2.24, 2.45) is 0 Å². The molecule has 0 aliphatic carbocycles. The molecular weight excluding hydrogens is 296 g/mol. The lowest BCUT2D eigenvalue weighted by molar-refractivity contribution is -0.116. The number of carbonyl (C=O) groups excluding carboxylic acids is 2. The summed E-state index contributed by atoms with van der Waals surface area (Å²) in [5.74, 6) is -0.289. The zero-order chi connectivity index (χ0) is 15.8. The van der Waals surface area contributed by atoms with E-state index in [1.807, 2.05) is 36.6 Å². The van der Waals surface area contributed by atoms with E-state index in [2.05, 4.69) is 10.6 Å². The molecule has 2 aromatic rings. The van der Waals surface area contributed by atoms with Gasteiger partial charge in [0, 0.05) is 29.1 Å². The normalized spacial score (nSPS) is 10.0. The van der Waals surface area contributed by atoms with Crippen LogP contribution in [0.5, 0.6) is 0 Å². The van der Waals surface area contributed by atoms with Gasteiger partial charge in [-0.05, 0) is 42.7 Å². The molecule has 22 heavy (non-hydrogen) atoms. The minimum absolute atomic E-state index is 0.120. The van der Waals surface area contributed by atoms with Gasteiger partial charge in [0.1, 0.15) is 0 Å². The van der Waals surface area contributed by atoms with Crippen molar-refractivity contribution in [3.05, 3.63) is 60.2 Å². The Morgan fingerprint density at radius 1 is 1.00 bits per heavy atom. The molecule has 4 nitrogen and oxygen atoms in total. The SMILES string of the molecule is CSc1ccc(NC(=O)CCNC(=O)c2ccccc2)cc1. The molecule has 0 bridgehead atoms. The maximum atomic E-state index is 11.8. The third-order valence-electron chi connectivity index (χ3n) is 3.05. The lowest BCUT2D eigenvalue weighted by Gasteiger charge is -2.07. The number of anilines is 1. The third-order valence-corrected chi connectivity index (χ3v) is 3.79. The van der Waals surface area contributed by atoms with Crippen LogP contribution in [0.25, 0.3) is 0 Å². The summed E-state index contributed by atoms with van der Waals surface area (Å²) < 4.78 is 0. The van der Waals surface area contributed by atoms with E-state index in [-0.39, 0.29) is 18.2 Å². The number of carbonyl (C=O) groups is 2. The summed E-state index contributed by atoms with van der Waals surface area (Å²) in [6, 6.07) is 16.6. The summed E-state index contributed by atoms with van der Waals surface area (Å²) in [6.45, 7) is 0.308. The molecule has 0 fully saturated rings. The Kier molecular flexibility index (Phi) is 6.03. The molecule has 0 aliphatic heterocycles. The number of thioether (sulfide) groups is 1. The fourth-order valence-corrected chi connectivity index (χ4v) is 2.29. The largest absolute Gasteiger partial charge is 0.352 e. The van der Waals surface area contributed by atoms with Gasteiger partial charge in [0.05, 0.1) is 0 Å². The Labute approximate surface area is 134 Å². The smallest absolute Gasteiger partial charge is 0.251 e. The van der Waals surface area contributed by atoms with Crippen molar-refractivity contribution >= 4 is 29.3 Å². The van der Waals surface area contributed by atoms with Crippen LogP contribution in [0.15, 0.2) is 59.5 Å². The second-order valence-electron chi connectivity index (χ2n) is 4.65. The van der Waals surface area contributed by atoms with Crippen LogP contribution in [0.2, 0.25) is 0 Å². The van der Waals surface area contributed by atoms with Gasteiger partial charge in [0.2, 0.25) is 5.91 Å². The maximum absolute atomic E-state index is 11.8. The predicted octanol–water partition coefficient (Wildman–Crippen LogP) is 3.17. The van der Waals surface area contributed by atoms with E-state index in [1.165, 1.54) is 0 Å². The van der Waals surface area contributed by atoms with E-state index in [4.69, 9.17) is 0 Å². The highest BCUT2D eigenvalue weighted by Gasteiger charge is 2.06. The zero-order valence-electron chi connectivity index (χ0n) is 12.3. The summed E-state index contributed by atoms with van der Waals surface area (Å²) in [5.41, 5.74) is 1.35. The average Bonchev–Trinajstić information content (AvgIpc) is 2.56. The Balaban J connectivity index is 1.74. The summed E-state index contributed by atoms with van der Waals surface area (Å²) in [5, 5.41) is 5.54. The first kappa shape index (κ1) is 16.1. The molecule has 2 aromatic carbocycles. The second-order valence-corrected chi connectivity index (χ2v) is 5.53. The zero-order valence-corrected chi connectivity index (χ0v) is 13.2. The standard InChI is InChI=1S/C17H18N2O2S/c1-22-15-9-7-14(8-10-15)19-16(20)11-12-18-17(21)13-5-3-2-4-6-13/h2-10H,11-12H2,1H3,(H,18,21)(H,19,20). The first-order valence-corrected chi connectivity index (χ1v) is 8.18. The molecular formula is C17H18N2O2S. The monoisotopic (exact) mass is 314 g/mol. The van der Waals surface area contributed by atoms with Gasteiger partial charge >= 0.3 is 0 Å². The fraction of sp³-hybridized carbons (Fsp3) is 0.176. The molecule has 5 heteroatoms. The number of benzene rings is 2. The van der Waals surface area contributed by atoms with Crippen LogP contribution in [0, 0.1) is 0 Å². The molecule has 0 saturated heterocycles. The van der Waals surface area contributed by atoms with Crippen LogP contribution < -0.4 is 10.6 Å². The quantitative estimate of drug-likeness (QED) is 0.805. The maximum Gasteiger partial charge on any atom is 0.251 e. The Morgan fingerprint density at radius 2 is 1.68 bits per heavy atom. The van der Waals surface area contributed by atoms with Crippen LogP contribution >= 0.6 is 11.8 Å².